The van der Waals surface area contributed by atoms with Gasteiger partial charge in [0.15, 0.2) is 0 Å². The molecule has 2 heterocycles. The molecule has 1 amide bonds. The van der Waals surface area contributed by atoms with Crippen molar-refractivity contribution >= 4 is 11.9 Å². The second-order valence-corrected chi connectivity index (χ2v) is 7.67. The predicted octanol–water partition coefficient (Wildman–Crippen LogP) is 2.92. The summed E-state index contributed by atoms with van der Waals surface area (Å²) in [5, 5.41) is 9.34. The monoisotopic (exact) mass is 375 g/mol. The first-order chi connectivity index (χ1) is 13.0. The maximum Gasteiger partial charge on any atom is 0.309 e. The number of hydrogen-bond donors (Lipinski definition) is 1. The number of aliphatic carboxylic acids is 1. The Bertz CT molecular complexity index is 651. The van der Waals surface area contributed by atoms with E-state index in [0.29, 0.717) is 32.5 Å². The molecule has 2 aliphatic heterocycles. The van der Waals surface area contributed by atoms with Crippen LogP contribution in [0, 0.1) is 11.8 Å². The van der Waals surface area contributed by atoms with Crippen molar-refractivity contribution in [2.45, 2.75) is 44.6 Å². The first-order valence-electron chi connectivity index (χ1n) is 9.75. The van der Waals surface area contributed by atoms with Gasteiger partial charge in [-0.1, -0.05) is 19.1 Å². The Hall–Kier alpha value is -2.08. The van der Waals surface area contributed by atoms with Crippen LogP contribution in [0.3, 0.4) is 0 Å². The van der Waals surface area contributed by atoms with Gasteiger partial charge in [-0.25, -0.2) is 0 Å². The summed E-state index contributed by atoms with van der Waals surface area (Å²) in [4.78, 5) is 26.0. The average molecular weight is 375 g/mol. The van der Waals surface area contributed by atoms with Gasteiger partial charge in [-0.15, -0.1) is 0 Å². The molecule has 1 aromatic rings. The summed E-state index contributed by atoms with van der Waals surface area (Å²) in [7, 11) is 1.64. The molecule has 1 N–H and O–H groups in total. The highest BCUT2D eigenvalue weighted by Crippen LogP contribution is 2.33. The number of piperidine rings is 1. The minimum absolute atomic E-state index is 0.149. The number of hydrogen-bond acceptors (Lipinski definition) is 4. The molecular formula is C21H29NO5. The van der Waals surface area contributed by atoms with E-state index in [4.69, 9.17) is 9.47 Å². The van der Waals surface area contributed by atoms with Crippen molar-refractivity contribution in [2.24, 2.45) is 11.8 Å². The third-order valence-electron chi connectivity index (χ3n) is 5.98. The van der Waals surface area contributed by atoms with E-state index in [-0.39, 0.29) is 23.8 Å². The van der Waals surface area contributed by atoms with Crippen LogP contribution in [0.5, 0.6) is 5.75 Å². The molecule has 0 aliphatic carbocycles. The third kappa shape index (κ3) is 4.61. The Kier molecular flexibility index (Phi) is 6.37. The first kappa shape index (κ1) is 19.7. The molecule has 0 saturated carbocycles. The standard InChI is InChI=1S/C21H29NO5/c1-14(15-3-5-17(26-2)6-4-15)13-19(23)22-10-7-16(8-11-22)20-18(21(24)25)9-12-27-20/h3-6,14,16,18,20H,7-13H2,1-2H3,(H,24,25)/t14?,18?,20-/m0/s1. The minimum Gasteiger partial charge on any atom is -0.497 e. The van der Waals surface area contributed by atoms with Crippen LogP contribution in [0.1, 0.15) is 44.1 Å². The highest BCUT2D eigenvalue weighted by molar-refractivity contribution is 5.77. The predicted molar refractivity (Wildman–Crippen MR) is 101 cm³/mol. The number of benzene rings is 1. The molecule has 0 aromatic heterocycles. The van der Waals surface area contributed by atoms with Gasteiger partial charge in [0.1, 0.15) is 5.75 Å². The lowest BCUT2D eigenvalue weighted by Gasteiger charge is -2.36. The summed E-state index contributed by atoms with van der Waals surface area (Å²) in [6.45, 7) is 3.96. The van der Waals surface area contributed by atoms with E-state index < -0.39 is 11.9 Å². The number of amides is 1. The fourth-order valence-corrected chi connectivity index (χ4v) is 4.26. The Labute approximate surface area is 160 Å². The van der Waals surface area contributed by atoms with E-state index in [1.165, 1.54) is 0 Å². The van der Waals surface area contributed by atoms with Gasteiger partial charge in [-0.3, -0.25) is 9.59 Å². The molecule has 0 spiro atoms. The molecule has 6 heteroatoms. The Morgan fingerprint density at radius 2 is 1.89 bits per heavy atom. The van der Waals surface area contributed by atoms with E-state index >= 15 is 0 Å². The summed E-state index contributed by atoms with van der Waals surface area (Å²) in [6.07, 6.45) is 2.51. The summed E-state index contributed by atoms with van der Waals surface area (Å²) in [5.41, 5.74) is 1.13. The van der Waals surface area contributed by atoms with E-state index in [1.807, 2.05) is 29.2 Å². The number of likely N-dealkylation sites (tertiary alicyclic amines) is 1. The van der Waals surface area contributed by atoms with Gasteiger partial charge < -0.3 is 19.5 Å². The smallest absolute Gasteiger partial charge is 0.309 e. The molecule has 3 atom stereocenters. The lowest BCUT2D eigenvalue weighted by atomic mass is 9.84. The van der Waals surface area contributed by atoms with Crippen LogP contribution in [-0.2, 0) is 14.3 Å². The molecule has 0 bridgehead atoms. The molecule has 2 unspecified atom stereocenters. The molecule has 1 aromatic carbocycles. The lowest BCUT2D eigenvalue weighted by Crippen LogP contribution is -2.43. The van der Waals surface area contributed by atoms with E-state index in [2.05, 4.69) is 6.92 Å². The maximum absolute atomic E-state index is 12.7. The van der Waals surface area contributed by atoms with Gasteiger partial charge in [0.2, 0.25) is 5.91 Å². The zero-order valence-electron chi connectivity index (χ0n) is 16.1. The van der Waals surface area contributed by atoms with Crippen molar-refractivity contribution in [2.75, 3.05) is 26.8 Å². The summed E-state index contributed by atoms with van der Waals surface area (Å²) in [5.74, 6) is 0.205. The molecule has 0 radical (unpaired) electrons. The number of methoxy groups -OCH3 is 1. The second kappa shape index (κ2) is 8.74. The number of carboxylic acids is 1. The topological polar surface area (TPSA) is 76.1 Å². The number of carbonyl (C=O) groups excluding carboxylic acids is 1. The van der Waals surface area contributed by atoms with Gasteiger partial charge in [-0.05, 0) is 48.8 Å². The quantitative estimate of drug-likeness (QED) is 0.827. The Balaban J connectivity index is 1.50. The first-order valence-corrected chi connectivity index (χ1v) is 9.75. The average Bonchev–Trinajstić information content (AvgIpc) is 3.18. The largest absolute Gasteiger partial charge is 0.497 e. The maximum atomic E-state index is 12.7. The zero-order chi connectivity index (χ0) is 19.4. The fourth-order valence-electron chi connectivity index (χ4n) is 4.26. The number of carboxylic acid groups (broad SMARTS) is 1. The lowest BCUT2D eigenvalue weighted by molar-refractivity contribution is -0.146. The number of carbonyl (C=O) groups is 2. The molecule has 3 rings (SSSR count). The number of ether oxygens (including phenoxy) is 2. The van der Waals surface area contributed by atoms with E-state index in [1.54, 1.807) is 7.11 Å². The van der Waals surface area contributed by atoms with Gasteiger partial charge in [0.25, 0.3) is 0 Å². The molecule has 2 aliphatic rings. The van der Waals surface area contributed by atoms with Gasteiger partial charge in [-0.2, -0.15) is 0 Å². The Morgan fingerprint density at radius 1 is 1.22 bits per heavy atom. The number of nitrogens with zero attached hydrogens (tertiary/aromatic N) is 1. The van der Waals surface area contributed by atoms with Crippen molar-refractivity contribution in [3.8, 4) is 5.75 Å². The molecular weight excluding hydrogens is 346 g/mol. The van der Waals surface area contributed by atoms with E-state index in [0.717, 1.165) is 24.2 Å². The van der Waals surface area contributed by atoms with Crippen molar-refractivity contribution in [1.82, 2.24) is 4.90 Å². The highest BCUT2D eigenvalue weighted by atomic mass is 16.5. The third-order valence-corrected chi connectivity index (χ3v) is 5.98. The normalized spacial score (nSPS) is 24.6. The summed E-state index contributed by atoms with van der Waals surface area (Å²) >= 11 is 0. The van der Waals surface area contributed by atoms with Crippen LogP contribution < -0.4 is 4.74 Å². The molecule has 2 saturated heterocycles. The zero-order valence-corrected chi connectivity index (χ0v) is 16.1. The van der Waals surface area contributed by atoms with Crippen molar-refractivity contribution in [3.63, 3.8) is 0 Å². The second-order valence-electron chi connectivity index (χ2n) is 7.67. The van der Waals surface area contributed by atoms with Crippen LogP contribution in [-0.4, -0.2) is 54.8 Å². The number of rotatable bonds is 6. The van der Waals surface area contributed by atoms with Gasteiger partial charge in [0, 0.05) is 26.1 Å². The Morgan fingerprint density at radius 3 is 2.48 bits per heavy atom. The van der Waals surface area contributed by atoms with Crippen molar-refractivity contribution in [1.29, 1.82) is 0 Å². The van der Waals surface area contributed by atoms with Crippen LogP contribution >= 0.6 is 0 Å². The SMILES string of the molecule is COc1ccc(C(C)CC(=O)N2CCC([C@@H]3OCCC3C(=O)O)CC2)cc1. The van der Waals surface area contributed by atoms with Crippen molar-refractivity contribution < 1.29 is 24.2 Å². The van der Waals surface area contributed by atoms with Crippen LogP contribution in [0.25, 0.3) is 0 Å². The van der Waals surface area contributed by atoms with Crippen molar-refractivity contribution in [3.05, 3.63) is 29.8 Å². The van der Waals surface area contributed by atoms with Gasteiger partial charge >= 0.3 is 5.97 Å². The highest BCUT2D eigenvalue weighted by Gasteiger charge is 2.40. The summed E-state index contributed by atoms with van der Waals surface area (Å²) in [6, 6.07) is 7.85. The molecule has 148 valence electrons. The van der Waals surface area contributed by atoms with Gasteiger partial charge in [0.05, 0.1) is 19.1 Å². The van der Waals surface area contributed by atoms with E-state index in [9.17, 15) is 14.7 Å². The van der Waals surface area contributed by atoms with Crippen LogP contribution in [0.2, 0.25) is 0 Å². The van der Waals surface area contributed by atoms with Crippen LogP contribution in [0.15, 0.2) is 24.3 Å². The minimum atomic E-state index is -0.760. The molecule has 6 nitrogen and oxygen atoms in total. The molecule has 27 heavy (non-hydrogen) atoms. The van der Waals surface area contributed by atoms with Crippen LogP contribution in [0.4, 0.5) is 0 Å². The summed E-state index contributed by atoms with van der Waals surface area (Å²) < 4.78 is 10.9. The molecule has 2 fully saturated rings. The fraction of sp³-hybridized carbons (Fsp3) is 0.619.